The van der Waals surface area contributed by atoms with Gasteiger partial charge in [-0.25, -0.2) is 4.98 Å². The molecule has 0 bridgehead atoms. The van der Waals surface area contributed by atoms with Crippen LogP contribution in [0.4, 0.5) is 0 Å². The summed E-state index contributed by atoms with van der Waals surface area (Å²) in [6.07, 6.45) is 0.842. The number of nitrogens with zero attached hydrogens (tertiary/aromatic N) is 5. The maximum atomic E-state index is 13.4. The third-order valence-corrected chi connectivity index (χ3v) is 5.61. The van der Waals surface area contributed by atoms with Gasteiger partial charge in [-0.1, -0.05) is 35.5 Å². The van der Waals surface area contributed by atoms with Crippen molar-refractivity contribution in [2.45, 2.75) is 39.5 Å². The second kappa shape index (κ2) is 9.40. The van der Waals surface area contributed by atoms with Gasteiger partial charge in [0.2, 0.25) is 0 Å². The Balaban J connectivity index is 1.61. The summed E-state index contributed by atoms with van der Waals surface area (Å²) in [5.74, 6) is 1.91. The first-order chi connectivity index (χ1) is 15.1. The fourth-order valence-electron chi connectivity index (χ4n) is 4.00. The van der Waals surface area contributed by atoms with E-state index in [1.54, 1.807) is 14.0 Å². The van der Waals surface area contributed by atoms with E-state index >= 15 is 0 Å². The standard InChI is InChI=1S/C22H28N6O3/c1-15-18(14-30-3)20(26-31-15)22(29)28-11-7-10-27(12-17-8-5-4-6-9-17)19(13-28)21-23-16(2)24-25-21/h4-6,8-9,19H,7,10-14H2,1-3H3,(H,23,24,25). The molecule has 2 aromatic heterocycles. The lowest BCUT2D eigenvalue weighted by atomic mass is 10.1. The van der Waals surface area contributed by atoms with Crippen LogP contribution in [0.2, 0.25) is 0 Å². The highest BCUT2D eigenvalue weighted by Gasteiger charge is 2.33. The summed E-state index contributed by atoms with van der Waals surface area (Å²) in [7, 11) is 1.59. The van der Waals surface area contributed by atoms with Crippen LogP contribution in [-0.4, -0.2) is 62.8 Å². The van der Waals surface area contributed by atoms with Crippen molar-refractivity contribution in [2.75, 3.05) is 26.7 Å². The maximum absolute atomic E-state index is 13.4. The number of aromatic amines is 1. The van der Waals surface area contributed by atoms with Crippen molar-refractivity contribution in [3.05, 3.63) is 64.6 Å². The van der Waals surface area contributed by atoms with Crippen LogP contribution >= 0.6 is 0 Å². The van der Waals surface area contributed by atoms with Crippen LogP contribution in [0.25, 0.3) is 0 Å². The molecule has 9 nitrogen and oxygen atoms in total. The van der Waals surface area contributed by atoms with Gasteiger partial charge in [0.05, 0.1) is 18.2 Å². The number of rotatable bonds is 6. The molecular formula is C22H28N6O3. The molecule has 1 aliphatic heterocycles. The van der Waals surface area contributed by atoms with Crippen molar-refractivity contribution in [1.82, 2.24) is 30.1 Å². The van der Waals surface area contributed by atoms with Crippen LogP contribution in [0.3, 0.4) is 0 Å². The van der Waals surface area contributed by atoms with Crippen molar-refractivity contribution in [3.8, 4) is 0 Å². The van der Waals surface area contributed by atoms with E-state index in [4.69, 9.17) is 9.26 Å². The lowest BCUT2D eigenvalue weighted by Crippen LogP contribution is -2.38. The minimum absolute atomic E-state index is 0.129. The van der Waals surface area contributed by atoms with Crippen LogP contribution in [0, 0.1) is 13.8 Å². The second-order valence-corrected chi connectivity index (χ2v) is 7.85. The number of hydrogen-bond donors (Lipinski definition) is 1. The molecule has 1 aliphatic rings. The van der Waals surface area contributed by atoms with Crippen LogP contribution < -0.4 is 0 Å². The van der Waals surface area contributed by atoms with Crippen molar-refractivity contribution in [2.24, 2.45) is 0 Å². The molecule has 1 unspecified atom stereocenters. The molecule has 1 saturated heterocycles. The van der Waals surface area contributed by atoms with Gasteiger partial charge in [0.1, 0.15) is 11.6 Å². The quantitative estimate of drug-likeness (QED) is 0.649. The Kier molecular flexibility index (Phi) is 6.43. The van der Waals surface area contributed by atoms with Crippen molar-refractivity contribution < 1.29 is 14.1 Å². The van der Waals surface area contributed by atoms with Gasteiger partial charge in [0.25, 0.3) is 5.91 Å². The van der Waals surface area contributed by atoms with Gasteiger partial charge < -0.3 is 14.2 Å². The molecule has 1 fully saturated rings. The van der Waals surface area contributed by atoms with Crippen LogP contribution in [-0.2, 0) is 17.9 Å². The molecule has 0 radical (unpaired) electrons. The highest BCUT2D eigenvalue weighted by molar-refractivity contribution is 5.93. The van der Waals surface area contributed by atoms with Crippen LogP contribution in [0.15, 0.2) is 34.9 Å². The summed E-state index contributed by atoms with van der Waals surface area (Å²) in [4.78, 5) is 22.1. The number of carbonyl (C=O) groups is 1. The van der Waals surface area contributed by atoms with E-state index in [1.807, 2.05) is 30.0 Å². The molecule has 1 amide bonds. The fraction of sp³-hybridized carbons (Fsp3) is 0.455. The number of methoxy groups -OCH3 is 1. The average molecular weight is 425 g/mol. The van der Waals surface area contributed by atoms with E-state index in [2.05, 4.69) is 37.4 Å². The largest absolute Gasteiger partial charge is 0.380 e. The van der Waals surface area contributed by atoms with E-state index < -0.39 is 0 Å². The van der Waals surface area contributed by atoms with Gasteiger partial charge in [-0.3, -0.25) is 14.8 Å². The minimum Gasteiger partial charge on any atom is -0.380 e. The lowest BCUT2D eigenvalue weighted by molar-refractivity contribution is 0.0712. The van der Waals surface area contributed by atoms with Gasteiger partial charge >= 0.3 is 0 Å². The molecule has 0 spiro atoms. The zero-order valence-corrected chi connectivity index (χ0v) is 18.2. The van der Waals surface area contributed by atoms with E-state index in [1.165, 1.54) is 5.56 Å². The molecule has 3 heterocycles. The van der Waals surface area contributed by atoms with Gasteiger partial charge in [-0.05, 0) is 25.8 Å². The third-order valence-electron chi connectivity index (χ3n) is 5.61. The van der Waals surface area contributed by atoms with Crippen molar-refractivity contribution in [3.63, 3.8) is 0 Å². The molecule has 0 aliphatic carbocycles. The number of aryl methyl sites for hydroxylation is 2. The smallest absolute Gasteiger partial charge is 0.276 e. The van der Waals surface area contributed by atoms with Crippen LogP contribution in [0.1, 0.15) is 51.5 Å². The minimum atomic E-state index is -0.150. The maximum Gasteiger partial charge on any atom is 0.276 e. The number of carbonyl (C=O) groups excluding carboxylic acids is 1. The number of aromatic nitrogens is 4. The highest BCUT2D eigenvalue weighted by Crippen LogP contribution is 2.26. The topological polar surface area (TPSA) is 100 Å². The molecule has 3 aromatic rings. The summed E-state index contributed by atoms with van der Waals surface area (Å²) in [5.41, 5.74) is 2.23. The first-order valence-electron chi connectivity index (χ1n) is 10.5. The monoisotopic (exact) mass is 424 g/mol. The van der Waals surface area contributed by atoms with Gasteiger partial charge in [0.15, 0.2) is 11.5 Å². The Labute approximate surface area is 181 Å². The van der Waals surface area contributed by atoms with Gasteiger partial charge in [0, 0.05) is 33.3 Å². The molecule has 164 valence electrons. The predicted octanol–water partition coefficient (Wildman–Crippen LogP) is 2.65. The number of hydrogen-bond acceptors (Lipinski definition) is 7. The van der Waals surface area contributed by atoms with Gasteiger partial charge in [-0.15, -0.1) is 0 Å². The summed E-state index contributed by atoms with van der Waals surface area (Å²) in [5, 5.41) is 11.4. The number of H-pyrrole nitrogens is 1. The molecule has 31 heavy (non-hydrogen) atoms. The zero-order chi connectivity index (χ0) is 21.8. The van der Waals surface area contributed by atoms with Crippen molar-refractivity contribution >= 4 is 5.91 Å². The molecule has 4 rings (SSSR count). The van der Waals surface area contributed by atoms with E-state index in [-0.39, 0.29) is 18.6 Å². The number of nitrogens with one attached hydrogen (secondary N) is 1. The normalized spacial score (nSPS) is 17.6. The summed E-state index contributed by atoms with van der Waals surface area (Å²) < 4.78 is 10.5. The Morgan fingerprint density at radius 3 is 2.77 bits per heavy atom. The molecule has 1 aromatic carbocycles. The first-order valence-corrected chi connectivity index (χ1v) is 10.5. The molecule has 9 heteroatoms. The second-order valence-electron chi connectivity index (χ2n) is 7.85. The summed E-state index contributed by atoms with van der Waals surface area (Å²) >= 11 is 0. The SMILES string of the molecule is COCc1c(C(=O)N2CCCN(Cc3ccccc3)C(c3n[nH]c(C)n3)C2)noc1C. The van der Waals surface area contributed by atoms with E-state index in [0.29, 0.717) is 35.9 Å². The predicted molar refractivity (Wildman–Crippen MR) is 113 cm³/mol. The fourth-order valence-corrected chi connectivity index (χ4v) is 4.00. The lowest BCUT2D eigenvalue weighted by Gasteiger charge is -2.29. The third kappa shape index (κ3) is 4.67. The average Bonchev–Trinajstić information content (AvgIpc) is 3.29. The van der Waals surface area contributed by atoms with Gasteiger partial charge in [-0.2, -0.15) is 5.10 Å². The molecular weight excluding hydrogens is 396 g/mol. The highest BCUT2D eigenvalue weighted by atomic mass is 16.5. The van der Waals surface area contributed by atoms with E-state index in [9.17, 15) is 4.79 Å². The zero-order valence-electron chi connectivity index (χ0n) is 18.2. The Bertz CT molecular complexity index is 1020. The Morgan fingerprint density at radius 1 is 1.26 bits per heavy atom. The molecule has 1 N–H and O–H groups in total. The molecule has 1 atom stereocenters. The number of amides is 1. The molecule has 0 saturated carbocycles. The van der Waals surface area contributed by atoms with Crippen molar-refractivity contribution in [1.29, 1.82) is 0 Å². The van der Waals surface area contributed by atoms with E-state index in [0.717, 1.165) is 25.3 Å². The number of benzene rings is 1. The Morgan fingerprint density at radius 2 is 2.06 bits per heavy atom. The first kappa shape index (κ1) is 21.2. The number of ether oxygens (including phenoxy) is 1. The summed E-state index contributed by atoms with van der Waals surface area (Å²) in [6, 6.07) is 10.2. The summed E-state index contributed by atoms with van der Waals surface area (Å²) in [6.45, 7) is 6.66. The van der Waals surface area contributed by atoms with Crippen LogP contribution in [0.5, 0.6) is 0 Å². The Hall–Kier alpha value is -3.04.